The maximum Gasteiger partial charge on any atom is 0.226 e. The van der Waals surface area contributed by atoms with E-state index in [2.05, 4.69) is 26.2 Å². The molecule has 0 spiro atoms. The second-order valence-corrected chi connectivity index (χ2v) is 5.47. The van der Waals surface area contributed by atoms with E-state index in [4.69, 9.17) is 10.3 Å². The molecular formula is C18H15N5O. The van der Waals surface area contributed by atoms with E-state index >= 15 is 0 Å². The zero-order valence-corrected chi connectivity index (χ0v) is 13.1. The number of rotatable bonds is 3. The van der Waals surface area contributed by atoms with Crippen LogP contribution in [-0.4, -0.2) is 20.1 Å². The molecule has 24 heavy (non-hydrogen) atoms. The van der Waals surface area contributed by atoms with Gasteiger partial charge in [-0.2, -0.15) is 4.98 Å². The van der Waals surface area contributed by atoms with E-state index in [0.29, 0.717) is 24.0 Å². The normalized spacial score (nSPS) is 11.0. The van der Waals surface area contributed by atoms with Crippen molar-refractivity contribution < 1.29 is 4.52 Å². The zero-order valence-electron chi connectivity index (χ0n) is 13.1. The lowest BCUT2D eigenvalue weighted by Gasteiger charge is -2.05. The van der Waals surface area contributed by atoms with Crippen molar-refractivity contribution in [3.63, 3.8) is 0 Å². The zero-order chi connectivity index (χ0) is 16.5. The molecule has 0 saturated carbocycles. The minimum atomic E-state index is 0.507. The summed E-state index contributed by atoms with van der Waals surface area (Å²) >= 11 is 0. The van der Waals surface area contributed by atoms with Crippen LogP contribution < -0.4 is 5.73 Å². The Morgan fingerprint density at radius 3 is 2.50 bits per heavy atom. The number of nitrogen functional groups attached to an aromatic ring is 1. The number of nitrogens with two attached hydrogens (primary N) is 1. The fourth-order valence-electron chi connectivity index (χ4n) is 2.53. The van der Waals surface area contributed by atoms with Gasteiger partial charge in [-0.25, -0.2) is 4.98 Å². The van der Waals surface area contributed by atoms with Crippen LogP contribution in [0.1, 0.15) is 12.8 Å². The summed E-state index contributed by atoms with van der Waals surface area (Å²) in [4.78, 5) is 13.0. The number of anilines is 1. The molecule has 2 N–H and O–H groups in total. The van der Waals surface area contributed by atoms with E-state index in [1.54, 1.807) is 18.5 Å². The Morgan fingerprint density at radius 1 is 0.958 bits per heavy atom. The van der Waals surface area contributed by atoms with Gasteiger partial charge < -0.3 is 10.3 Å². The van der Waals surface area contributed by atoms with Crippen molar-refractivity contribution in [2.24, 2.45) is 0 Å². The van der Waals surface area contributed by atoms with Gasteiger partial charge >= 0.3 is 0 Å². The molecule has 0 fully saturated rings. The van der Waals surface area contributed by atoms with Crippen LogP contribution in [0, 0.1) is 0 Å². The highest BCUT2D eigenvalue weighted by atomic mass is 16.5. The first-order chi connectivity index (χ1) is 11.7. The molecule has 0 unspecified atom stereocenters. The minimum Gasteiger partial charge on any atom is -0.384 e. The molecule has 6 nitrogen and oxygen atoms in total. The Labute approximate surface area is 138 Å². The molecule has 0 saturated heterocycles. The maximum absolute atomic E-state index is 5.65. The molecule has 3 heterocycles. The Hall–Kier alpha value is -3.28. The van der Waals surface area contributed by atoms with Crippen LogP contribution >= 0.6 is 0 Å². The highest BCUT2D eigenvalue weighted by molar-refractivity contribution is 5.87. The molecule has 118 valence electrons. The number of hydrogen-bond donors (Lipinski definition) is 1. The molecule has 0 amide bonds. The average Bonchev–Trinajstić information content (AvgIpc) is 3.11. The van der Waals surface area contributed by atoms with Gasteiger partial charge in [-0.1, -0.05) is 18.1 Å². The predicted octanol–water partition coefficient (Wildman–Crippen LogP) is 3.49. The Kier molecular flexibility index (Phi) is 3.42. The molecule has 0 radical (unpaired) electrons. The number of aryl methyl sites for hydroxylation is 1. The van der Waals surface area contributed by atoms with Gasteiger partial charge in [0.05, 0.1) is 5.52 Å². The summed E-state index contributed by atoms with van der Waals surface area (Å²) in [6.07, 6.45) is 4.24. The smallest absolute Gasteiger partial charge is 0.226 e. The molecule has 0 aliphatic carbocycles. The van der Waals surface area contributed by atoms with Crippen LogP contribution in [0.3, 0.4) is 0 Å². The number of nitrogens with zero attached hydrogens (tertiary/aromatic N) is 4. The summed E-state index contributed by atoms with van der Waals surface area (Å²) in [7, 11) is 0. The van der Waals surface area contributed by atoms with Crippen molar-refractivity contribution in [1.82, 2.24) is 20.1 Å². The molecule has 4 rings (SSSR count). The summed E-state index contributed by atoms with van der Waals surface area (Å²) in [5.41, 5.74) is 9.44. The number of benzene rings is 1. The quantitative estimate of drug-likeness (QED) is 0.622. The molecule has 1 aromatic carbocycles. The standard InChI is InChI=1S/C18H15N5O/c1-2-17-22-18(23-24-17)14-8-13-7-11(3-5-15(13)20-10-14)12-4-6-16(19)21-9-12/h3-10H,2H2,1H3,(H2,19,21). The van der Waals surface area contributed by atoms with Crippen molar-refractivity contribution in [1.29, 1.82) is 0 Å². The first kappa shape index (κ1) is 14.3. The molecule has 6 heteroatoms. The molecular weight excluding hydrogens is 302 g/mol. The van der Waals surface area contributed by atoms with Crippen LogP contribution in [0.25, 0.3) is 33.4 Å². The summed E-state index contributed by atoms with van der Waals surface area (Å²) in [6.45, 7) is 1.98. The summed E-state index contributed by atoms with van der Waals surface area (Å²) in [5, 5.41) is 5.01. The van der Waals surface area contributed by atoms with Crippen LogP contribution in [-0.2, 0) is 6.42 Å². The third-order valence-electron chi connectivity index (χ3n) is 3.83. The molecule has 4 aromatic rings. The van der Waals surface area contributed by atoms with Crippen molar-refractivity contribution in [2.75, 3.05) is 5.73 Å². The summed E-state index contributed by atoms with van der Waals surface area (Å²) < 4.78 is 5.18. The highest BCUT2D eigenvalue weighted by Crippen LogP contribution is 2.26. The highest BCUT2D eigenvalue weighted by Gasteiger charge is 2.09. The van der Waals surface area contributed by atoms with Gasteiger partial charge in [0, 0.05) is 35.3 Å². The summed E-state index contributed by atoms with van der Waals surface area (Å²) in [6, 6.07) is 11.8. The second kappa shape index (κ2) is 5.73. The Bertz CT molecular complexity index is 1010. The lowest BCUT2D eigenvalue weighted by atomic mass is 10.0. The molecule has 3 aromatic heterocycles. The third-order valence-corrected chi connectivity index (χ3v) is 3.83. The SMILES string of the molecule is CCc1nc(-c2cnc3ccc(-c4ccc(N)nc4)cc3c2)no1. The fourth-order valence-corrected chi connectivity index (χ4v) is 2.53. The summed E-state index contributed by atoms with van der Waals surface area (Å²) in [5.74, 6) is 1.68. The third kappa shape index (κ3) is 2.58. The molecule has 0 aliphatic heterocycles. The van der Waals surface area contributed by atoms with E-state index in [-0.39, 0.29) is 0 Å². The van der Waals surface area contributed by atoms with Crippen molar-refractivity contribution in [3.8, 4) is 22.5 Å². The van der Waals surface area contributed by atoms with Gasteiger partial charge in [0.25, 0.3) is 0 Å². The average molecular weight is 317 g/mol. The second-order valence-electron chi connectivity index (χ2n) is 5.47. The van der Waals surface area contributed by atoms with Crippen molar-refractivity contribution in [2.45, 2.75) is 13.3 Å². The van der Waals surface area contributed by atoms with Gasteiger partial charge in [0.2, 0.25) is 11.7 Å². The predicted molar refractivity (Wildman–Crippen MR) is 92.1 cm³/mol. The van der Waals surface area contributed by atoms with E-state index < -0.39 is 0 Å². The minimum absolute atomic E-state index is 0.507. The number of pyridine rings is 2. The molecule has 0 atom stereocenters. The number of aromatic nitrogens is 4. The number of fused-ring (bicyclic) bond motifs is 1. The topological polar surface area (TPSA) is 90.7 Å². The first-order valence-corrected chi connectivity index (χ1v) is 7.67. The molecule has 0 bridgehead atoms. The lowest BCUT2D eigenvalue weighted by Crippen LogP contribution is -1.89. The van der Waals surface area contributed by atoms with Crippen LogP contribution in [0.4, 0.5) is 5.82 Å². The lowest BCUT2D eigenvalue weighted by molar-refractivity contribution is 0.383. The largest absolute Gasteiger partial charge is 0.384 e. The van der Waals surface area contributed by atoms with Crippen LogP contribution in [0.15, 0.2) is 53.3 Å². The fraction of sp³-hybridized carbons (Fsp3) is 0.111. The van der Waals surface area contributed by atoms with Crippen LogP contribution in [0.2, 0.25) is 0 Å². The van der Waals surface area contributed by atoms with Gasteiger partial charge in [-0.15, -0.1) is 0 Å². The van der Waals surface area contributed by atoms with E-state index in [1.165, 1.54) is 0 Å². The van der Waals surface area contributed by atoms with Gasteiger partial charge in [-0.3, -0.25) is 4.98 Å². The van der Waals surface area contributed by atoms with Crippen molar-refractivity contribution in [3.05, 3.63) is 54.7 Å². The number of hydrogen-bond acceptors (Lipinski definition) is 6. The Balaban J connectivity index is 1.78. The van der Waals surface area contributed by atoms with Crippen molar-refractivity contribution >= 4 is 16.7 Å². The maximum atomic E-state index is 5.65. The van der Waals surface area contributed by atoms with Gasteiger partial charge in [-0.05, 0) is 35.9 Å². The van der Waals surface area contributed by atoms with E-state index in [9.17, 15) is 0 Å². The van der Waals surface area contributed by atoms with Crippen LogP contribution in [0.5, 0.6) is 0 Å². The van der Waals surface area contributed by atoms with E-state index in [1.807, 2.05) is 31.2 Å². The first-order valence-electron chi connectivity index (χ1n) is 7.67. The Morgan fingerprint density at radius 2 is 1.75 bits per heavy atom. The van der Waals surface area contributed by atoms with E-state index in [0.717, 1.165) is 27.6 Å². The molecule has 0 aliphatic rings. The van der Waals surface area contributed by atoms with Gasteiger partial charge in [0.1, 0.15) is 5.82 Å². The monoisotopic (exact) mass is 317 g/mol. The van der Waals surface area contributed by atoms with Gasteiger partial charge in [0.15, 0.2) is 0 Å².